The van der Waals surface area contributed by atoms with Crippen molar-refractivity contribution in [2.45, 2.75) is 90.0 Å². The maximum atomic E-state index is 13.0. The van der Waals surface area contributed by atoms with Crippen molar-refractivity contribution in [3.8, 4) is 0 Å². The summed E-state index contributed by atoms with van der Waals surface area (Å²) in [5, 5.41) is 14.5. The van der Waals surface area contributed by atoms with Gasteiger partial charge < -0.3 is 5.11 Å². The van der Waals surface area contributed by atoms with Crippen molar-refractivity contribution in [2.24, 2.45) is 40.9 Å². The Morgan fingerprint density at radius 2 is 1.84 bits per heavy atom. The van der Waals surface area contributed by atoms with Crippen LogP contribution in [0.25, 0.3) is 0 Å². The Balaban J connectivity index is 1.29. The molecule has 4 aliphatic carbocycles. The number of rotatable bonds is 3. The second kappa shape index (κ2) is 7.61. The maximum absolute atomic E-state index is 13.0. The summed E-state index contributed by atoms with van der Waals surface area (Å²) in [6.07, 6.45) is 8.00. The molecule has 1 N–H and O–H groups in total. The predicted molar refractivity (Wildman–Crippen MR) is 118 cm³/mol. The predicted octanol–water partition coefficient (Wildman–Crippen LogP) is 6.48. The first-order valence-corrected chi connectivity index (χ1v) is 12.5. The van der Waals surface area contributed by atoms with E-state index in [2.05, 4.69) is 18.6 Å². The molecule has 1 heterocycles. The van der Waals surface area contributed by atoms with E-state index in [0.29, 0.717) is 24.3 Å². The van der Waals surface area contributed by atoms with Crippen molar-refractivity contribution < 1.29 is 18.3 Å². The minimum Gasteiger partial charge on any atom is -0.390 e. The van der Waals surface area contributed by atoms with Gasteiger partial charge >= 0.3 is 6.18 Å². The van der Waals surface area contributed by atoms with E-state index in [4.69, 9.17) is 0 Å². The van der Waals surface area contributed by atoms with Gasteiger partial charge in [-0.1, -0.05) is 19.1 Å². The summed E-state index contributed by atoms with van der Waals surface area (Å²) in [5.74, 6) is 4.05. The van der Waals surface area contributed by atoms with Gasteiger partial charge in [0.15, 0.2) is 0 Å². The van der Waals surface area contributed by atoms with Crippen molar-refractivity contribution in [1.29, 1.82) is 0 Å². The van der Waals surface area contributed by atoms with Gasteiger partial charge in [-0.25, -0.2) is 0 Å². The second-order valence-corrected chi connectivity index (χ2v) is 11.9. The fraction of sp³-hybridized carbons (Fsp3) is 0.808. The summed E-state index contributed by atoms with van der Waals surface area (Å²) in [4.78, 5) is 0. The SMILES string of the molecule is C=C(Cn1cc(C(F)(F)F)cn1)[C@H]1CC[C@H]2[C@@H]3CC[C@@H]4C[C@](C)(O)CC[C@@H]4[C@H]3CC[C@]12C. The van der Waals surface area contributed by atoms with E-state index in [-0.39, 0.29) is 5.41 Å². The highest BCUT2D eigenvalue weighted by Gasteiger charge is 2.57. The molecular formula is C26H37F3N2O. The third kappa shape index (κ3) is 3.74. The molecule has 3 nitrogen and oxygen atoms in total. The van der Waals surface area contributed by atoms with Crippen LogP contribution >= 0.6 is 0 Å². The average Bonchev–Trinajstić information content (AvgIpc) is 3.30. The van der Waals surface area contributed by atoms with Gasteiger partial charge in [0.05, 0.1) is 23.9 Å². The Bertz CT molecular complexity index is 875. The van der Waals surface area contributed by atoms with E-state index >= 15 is 0 Å². The molecule has 0 saturated heterocycles. The first kappa shape index (κ1) is 22.5. The molecule has 0 aromatic carbocycles. The van der Waals surface area contributed by atoms with Crippen LogP contribution in [0.4, 0.5) is 13.2 Å². The molecule has 1 aromatic rings. The van der Waals surface area contributed by atoms with Gasteiger partial charge in [0.1, 0.15) is 0 Å². The Kier molecular flexibility index (Phi) is 5.35. The molecule has 8 atom stereocenters. The number of halogens is 3. The summed E-state index contributed by atoms with van der Waals surface area (Å²) < 4.78 is 40.3. The summed E-state index contributed by atoms with van der Waals surface area (Å²) in [6, 6.07) is 0. The Morgan fingerprint density at radius 3 is 2.56 bits per heavy atom. The van der Waals surface area contributed by atoms with Crippen molar-refractivity contribution >= 4 is 0 Å². The molecule has 178 valence electrons. The standard InChI is InChI=1S/C26H37F3N2O/c1-16(14-31-15-18(13-30-31)26(27,28)29)22-6-7-23-21-5-4-17-12-24(2,32)10-8-19(17)20(21)9-11-25(22,23)3/h13,15,17,19-23,32H,1,4-12,14H2,2-3H3/t17-,19+,20-,21-,22-,23+,24-,25-/m1/s1. The summed E-state index contributed by atoms with van der Waals surface area (Å²) in [7, 11) is 0. The number of aromatic nitrogens is 2. The monoisotopic (exact) mass is 450 g/mol. The largest absolute Gasteiger partial charge is 0.419 e. The molecule has 1 aromatic heterocycles. The van der Waals surface area contributed by atoms with Gasteiger partial charge in [0.2, 0.25) is 0 Å². The van der Waals surface area contributed by atoms with Crippen molar-refractivity contribution in [3.05, 3.63) is 30.1 Å². The van der Waals surface area contributed by atoms with Crippen LogP contribution in [-0.4, -0.2) is 20.5 Å². The summed E-state index contributed by atoms with van der Waals surface area (Å²) in [6.45, 7) is 9.17. The van der Waals surface area contributed by atoms with Crippen LogP contribution in [0.3, 0.4) is 0 Å². The van der Waals surface area contributed by atoms with E-state index in [0.717, 1.165) is 55.0 Å². The van der Waals surface area contributed by atoms with Crippen LogP contribution in [0.2, 0.25) is 0 Å². The average molecular weight is 451 g/mol. The Hall–Kier alpha value is -1.30. The van der Waals surface area contributed by atoms with Crippen LogP contribution in [-0.2, 0) is 12.7 Å². The molecule has 6 heteroatoms. The molecular weight excluding hydrogens is 413 g/mol. The Morgan fingerprint density at radius 1 is 1.09 bits per heavy atom. The van der Waals surface area contributed by atoms with E-state index in [1.807, 2.05) is 6.92 Å². The lowest BCUT2D eigenvalue weighted by atomic mass is 9.49. The Labute approximate surface area is 189 Å². The summed E-state index contributed by atoms with van der Waals surface area (Å²) in [5.41, 5.74) is 0.0640. The fourth-order valence-electron chi connectivity index (χ4n) is 8.67. The normalized spacial score (nSPS) is 43.9. The second-order valence-electron chi connectivity index (χ2n) is 11.9. The minimum atomic E-state index is -4.35. The molecule has 0 aliphatic heterocycles. The minimum absolute atomic E-state index is 0.200. The zero-order valence-electron chi connectivity index (χ0n) is 19.4. The smallest absolute Gasteiger partial charge is 0.390 e. The van der Waals surface area contributed by atoms with Gasteiger partial charge in [-0.15, -0.1) is 0 Å². The maximum Gasteiger partial charge on any atom is 0.419 e. The molecule has 0 spiro atoms. The topological polar surface area (TPSA) is 38.0 Å². The number of allylic oxidation sites excluding steroid dienone is 1. The quantitative estimate of drug-likeness (QED) is 0.536. The lowest BCUT2D eigenvalue weighted by Gasteiger charge is -2.57. The molecule has 4 saturated carbocycles. The van der Waals surface area contributed by atoms with Crippen LogP contribution in [0, 0.1) is 40.9 Å². The van der Waals surface area contributed by atoms with Crippen molar-refractivity contribution in [1.82, 2.24) is 9.78 Å². The molecule has 0 amide bonds. The highest BCUT2D eigenvalue weighted by Crippen LogP contribution is 2.65. The lowest BCUT2D eigenvalue weighted by molar-refractivity contribution is -0.137. The van der Waals surface area contributed by atoms with Crippen molar-refractivity contribution in [3.63, 3.8) is 0 Å². The first-order valence-electron chi connectivity index (χ1n) is 12.5. The zero-order valence-corrected chi connectivity index (χ0v) is 19.4. The third-order valence-corrected chi connectivity index (χ3v) is 10.1. The number of fused-ring (bicyclic) bond motifs is 5. The number of nitrogens with zero attached hydrogens (tertiary/aromatic N) is 2. The van der Waals surface area contributed by atoms with Crippen LogP contribution < -0.4 is 0 Å². The van der Waals surface area contributed by atoms with E-state index in [9.17, 15) is 18.3 Å². The van der Waals surface area contributed by atoms with E-state index in [1.54, 1.807) is 0 Å². The molecule has 4 aliphatic rings. The van der Waals surface area contributed by atoms with Gasteiger partial charge in [0.25, 0.3) is 0 Å². The van der Waals surface area contributed by atoms with E-state index in [1.165, 1.54) is 43.2 Å². The molecule has 0 unspecified atom stereocenters. The van der Waals surface area contributed by atoms with Crippen LogP contribution in [0.5, 0.6) is 0 Å². The zero-order chi connectivity index (χ0) is 22.9. The number of hydrogen-bond acceptors (Lipinski definition) is 2. The van der Waals surface area contributed by atoms with Gasteiger partial charge in [-0.2, -0.15) is 18.3 Å². The van der Waals surface area contributed by atoms with Crippen LogP contribution in [0.1, 0.15) is 77.2 Å². The highest BCUT2D eigenvalue weighted by molar-refractivity contribution is 5.17. The van der Waals surface area contributed by atoms with Gasteiger partial charge in [-0.3, -0.25) is 4.68 Å². The number of aliphatic hydroxyl groups is 1. The summed E-state index contributed by atoms with van der Waals surface area (Å²) >= 11 is 0. The first-order chi connectivity index (χ1) is 15.0. The number of alkyl halides is 3. The lowest BCUT2D eigenvalue weighted by Crippen LogP contribution is -2.50. The number of hydrogen-bond donors (Lipinski definition) is 1. The molecule has 0 bridgehead atoms. The molecule has 0 radical (unpaired) electrons. The van der Waals surface area contributed by atoms with Crippen LogP contribution in [0.15, 0.2) is 24.5 Å². The van der Waals surface area contributed by atoms with Gasteiger partial charge in [0, 0.05) is 6.20 Å². The fourth-order valence-corrected chi connectivity index (χ4v) is 8.67. The molecule has 5 rings (SSSR count). The van der Waals surface area contributed by atoms with Gasteiger partial charge in [-0.05, 0) is 106 Å². The molecule has 32 heavy (non-hydrogen) atoms. The van der Waals surface area contributed by atoms with E-state index < -0.39 is 17.3 Å². The van der Waals surface area contributed by atoms with Crippen molar-refractivity contribution in [2.75, 3.05) is 0 Å². The molecule has 4 fully saturated rings. The third-order valence-electron chi connectivity index (χ3n) is 10.1. The highest BCUT2D eigenvalue weighted by atomic mass is 19.4.